The van der Waals surface area contributed by atoms with E-state index in [2.05, 4.69) is 182 Å². The van der Waals surface area contributed by atoms with Crippen LogP contribution in [-0.4, -0.2) is 0 Å². The van der Waals surface area contributed by atoms with Crippen molar-refractivity contribution in [3.8, 4) is 0 Å². The van der Waals surface area contributed by atoms with Gasteiger partial charge in [0.2, 0.25) is 0 Å². The van der Waals surface area contributed by atoms with Gasteiger partial charge >= 0.3 is 0 Å². The molecule has 0 saturated heterocycles. The molecule has 0 bridgehead atoms. The molecule has 212 valence electrons. The van der Waals surface area contributed by atoms with Crippen LogP contribution in [0.2, 0.25) is 0 Å². The Morgan fingerprint density at radius 2 is 0.395 bits per heavy atom. The van der Waals surface area contributed by atoms with E-state index in [0.29, 0.717) is 0 Å². The van der Waals surface area contributed by atoms with Crippen LogP contribution >= 0.6 is 18.1 Å². The first kappa shape index (κ1) is 30.3. The zero-order chi connectivity index (χ0) is 29.8. The zero-order valence-electron chi connectivity index (χ0n) is 23.4. The van der Waals surface area contributed by atoms with Gasteiger partial charge in [-0.25, -0.2) is 0 Å². The molecule has 0 aliphatic rings. The molecule has 0 spiro atoms. The highest BCUT2D eigenvalue weighted by Crippen LogP contribution is 2.85. The summed E-state index contributed by atoms with van der Waals surface area (Å²) < 4.78 is 0. The molecule has 6 aromatic carbocycles. The van der Waals surface area contributed by atoms with E-state index in [-0.39, 0.29) is 0 Å². The first-order chi connectivity index (χ1) is 21.0. The molecule has 0 N–H and O–H groups in total. The van der Waals surface area contributed by atoms with Crippen LogP contribution in [0.25, 0.3) is 0 Å². The Bertz CT molecular complexity index is 1570. The van der Waals surface area contributed by atoms with Crippen molar-refractivity contribution in [3.63, 3.8) is 0 Å². The molecule has 0 unspecified atom stereocenters. The number of benzene rings is 6. The van der Waals surface area contributed by atoms with Gasteiger partial charge < -0.3 is 0 Å². The zero-order valence-corrected chi connectivity index (χ0v) is 28.5. The van der Waals surface area contributed by atoms with E-state index in [1.165, 1.54) is 5.14 Å². The van der Waals surface area contributed by atoms with Gasteiger partial charge in [0.1, 0.15) is 0 Å². The van der Waals surface area contributed by atoms with E-state index in [0.717, 1.165) is 31.8 Å². The fourth-order valence-corrected chi connectivity index (χ4v) is 30.5. The van der Waals surface area contributed by atoms with Crippen LogP contribution in [0, 0.1) is 5.14 Å². The van der Waals surface area contributed by atoms with E-state index < -0.39 is 18.1 Å². The molecule has 0 aliphatic carbocycles. The molecule has 0 amide bonds. The van der Waals surface area contributed by atoms with E-state index >= 15 is 0 Å². The summed E-state index contributed by atoms with van der Waals surface area (Å²) in [5.41, 5.74) is 0. The van der Waals surface area contributed by atoms with Crippen molar-refractivity contribution < 1.29 is 0 Å². The van der Waals surface area contributed by atoms with Crippen molar-refractivity contribution in [1.82, 2.24) is 0 Å². The van der Waals surface area contributed by atoms with Gasteiger partial charge in [-0.1, -0.05) is 182 Å². The predicted octanol–water partition coefficient (Wildman–Crippen LogP) is 7.82. The van der Waals surface area contributed by atoms with Crippen LogP contribution in [-0.2, 0) is 35.4 Å². The minimum Gasteiger partial charge on any atom is -0.176 e. The second-order valence-electron chi connectivity index (χ2n) is 10.1. The van der Waals surface area contributed by atoms with Gasteiger partial charge in [0.25, 0.3) is 0 Å². The van der Waals surface area contributed by atoms with Crippen molar-refractivity contribution in [2.75, 3.05) is 0 Å². The molecule has 0 saturated carbocycles. The maximum atomic E-state index is 7.25. The predicted molar refractivity (Wildman–Crippen MR) is 203 cm³/mol. The minimum atomic E-state index is -2.80. The van der Waals surface area contributed by atoms with Crippen molar-refractivity contribution in [2.45, 2.75) is 0 Å². The third-order valence-electron chi connectivity index (χ3n) is 7.56. The molecule has 6 aromatic rings. The average Bonchev–Trinajstić information content (AvgIpc) is 3.10. The summed E-state index contributed by atoms with van der Waals surface area (Å²) in [5, 5.41) is 7.89. The molecule has 0 radical (unpaired) electrons. The quantitative estimate of drug-likeness (QED) is 0.114. The standard InChI is InChI=1S/C37H30P3S3/c41-38(31-19-7-1-8-20-31,32-21-9-2-10-22-32)37(39(42,33-23-11-3-12-24-33)34-25-13-4-14-26-34)40(43,35-27-15-5-16-28-35)36-29-17-6-18-30-36/h1-30H/q-1. The monoisotopic (exact) mass is 663 g/mol. The van der Waals surface area contributed by atoms with Crippen molar-refractivity contribution in [2.24, 2.45) is 0 Å². The van der Waals surface area contributed by atoms with Crippen molar-refractivity contribution >= 4 is 85.4 Å². The SMILES string of the molecule is S=P(c1ccccc1)(c1ccccc1)[C-](P(=S)(c1ccccc1)c1ccccc1)P(=S)(c1ccccc1)c1ccccc1. The van der Waals surface area contributed by atoms with E-state index in [4.69, 9.17) is 35.4 Å². The largest absolute Gasteiger partial charge is 0.176 e. The molecule has 6 rings (SSSR count). The Morgan fingerprint density at radius 3 is 0.535 bits per heavy atom. The van der Waals surface area contributed by atoms with Gasteiger partial charge in [0.15, 0.2) is 0 Å². The number of hydrogen-bond acceptors (Lipinski definition) is 3. The average molecular weight is 664 g/mol. The van der Waals surface area contributed by atoms with Crippen LogP contribution in [0.5, 0.6) is 0 Å². The molecule has 0 nitrogen and oxygen atoms in total. The first-order valence-corrected chi connectivity index (χ1v) is 22.4. The summed E-state index contributed by atoms with van der Waals surface area (Å²) in [6.07, 6.45) is 0. The van der Waals surface area contributed by atoms with Crippen molar-refractivity contribution in [3.05, 3.63) is 187 Å². The van der Waals surface area contributed by atoms with E-state index in [1.807, 2.05) is 0 Å². The molecular formula is C37H30P3S3-. The van der Waals surface area contributed by atoms with Gasteiger partial charge in [-0.15, -0.1) is 53.5 Å². The van der Waals surface area contributed by atoms with Crippen LogP contribution in [0.4, 0.5) is 0 Å². The second kappa shape index (κ2) is 13.1. The summed E-state index contributed by atoms with van der Waals surface area (Å²) in [6, 6.07) is 55.4. The molecule has 0 aromatic heterocycles. The minimum absolute atomic E-state index is 1.12. The maximum absolute atomic E-state index is 7.25. The molecular weight excluding hydrogens is 634 g/mol. The smallest absolute Gasteiger partial charge is 0.0379 e. The Hall–Kier alpha value is -2.73. The number of rotatable bonds is 9. The fourth-order valence-electron chi connectivity index (χ4n) is 5.56. The Labute approximate surface area is 270 Å². The van der Waals surface area contributed by atoms with Crippen LogP contribution < -0.4 is 31.8 Å². The number of hydrogen-bond donors (Lipinski definition) is 0. The molecule has 0 heterocycles. The topological polar surface area (TPSA) is 0 Å². The van der Waals surface area contributed by atoms with Crippen LogP contribution in [0.15, 0.2) is 182 Å². The van der Waals surface area contributed by atoms with E-state index in [1.54, 1.807) is 0 Å². The summed E-state index contributed by atoms with van der Waals surface area (Å²) in [6.45, 7) is 0. The first-order valence-electron chi connectivity index (χ1n) is 14.0. The van der Waals surface area contributed by atoms with Gasteiger partial charge in [-0.05, 0) is 31.8 Å². The third kappa shape index (κ3) is 5.54. The lowest BCUT2D eigenvalue weighted by Gasteiger charge is -2.58. The summed E-state index contributed by atoms with van der Waals surface area (Å²) in [5.74, 6) is 0. The Morgan fingerprint density at radius 1 is 0.256 bits per heavy atom. The lowest BCUT2D eigenvalue weighted by Crippen LogP contribution is -2.32. The summed E-state index contributed by atoms with van der Waals surface area (Å²) in [7, 11) is 0. The van der Waals surface area contributed by atoms with Crippen LogP contribution in [0.1, 0.15) is 0 Å². The second-order valence-corrected chi connectivity index (χ2v) is 24.2. The van der Waals surface area contributed by atoms with Gasteiger partial charge in [-0.3, -0.25) is 0 Å². The third-order valence-corrected chi connectivity index (χ3v) is 28.7. The highest BCUT2D eigenvalue weighted by molar-refractivity contribution is 8.45. The Balaban J connectivity index is 1.86. The van der Waals surface area contributed by atoms with Gasteiger partial charge in [-0.2, -0.15) is 5.14 Å². The van der Waals surface area contributed by atoms with Crippen molar-refractivity contribution in [1.29, 1.82) is 0 Å². The summed E-state index contributed by atoms with van der Waals surface area (Å²) >= 11 is 21.7. The molecule has 0 fully saturated rings. The lowest BCUT2D eigenvalue weighted by molar-refractivity contribution is 1.73. The maximum Gasteiger partial charge on any atom is -0.0379 e. The fraction of sp³-hybridized carbons (Fsp3) is 0. The summed E-state index contributed by atoms with van der Waals surface area (Å²) in [4.78, 5) is 0. The molecule has 0 atom stereocenters. The highest BCUT2D eigenvalue weighted by atomic mass is 32.5. The lowest BCUT2D eigenvalue weighted by atomic mass is 10.4. The molecule has 43 heavy (non-hydrogen) atoms. The normalized spacial score (nSPS) is 12.2. The van der Waals surface area contributed by atoms with Gasteiger partial charge in [0, 0.05) is 0 Å². The highest BCUT2D eigenvalue weighted by Gasteiger charge is 2.40. The molecule has 6 heteroatoms. The van der Waals surface area contributed by atoms with Crippen LogP contribution in [0.3, 0.4) is 0 Å². The van der Waals surface area contributed by atoms with Gasteiger partial charge in [0.05, 0.1) is 0 Å². The molecule has 0 aliphatic heterocycles. The van der Waals surface area contributed by atoms with E-state index in [9.17, 15) is 0 Å². The Kier molecular flexibility index (Phi) is 9.23.